The van der Waals surface area contributed by atoms with Crippen LogP contribution in [0.4, 0.5) is 0 Å². The van der Waals surface area contributed by atoms with E-state index in [0.717, 1.165) is 6.42 Å². The van der Waals surface area contributed by atoms with E-state index in [1.165, 1.54) is 0 Å². The minimum atomic E-state index is -0.0915. The summed E-state index contributed by atoms with van der Waals surface area (Å²) in [6, 6.07) is -0.0915. The molecule has 3 N–H and O–H groups in total. The molecule has 3 atom stereocenters. The fourth-order valence-electron chi connectivity index (χ4n) is 2.02. The fraction of sp³-hybridized carbons (Fsp3) is 0.818. The molecule has 0 aromatic rings. The van der Waals surface area contributed by atoms with Crippen molar-refractivity contribution in [2.75, 3.05) is 13.7 Å². The van der Waals surface area contributed by atoms with E-state index in [1.807, 2.05) is 13.8 Å². The minimum absolute atomic E-state index is 0.0268. The number of amidine groups is 1. The van der Waals surface area contributed by atoms with Crippen LogP contribution in [-0.2, 0) is 9.53 Å². The molecule has 0 bridgehead atoms. The molecule has 1 fully saturated rings. The van der Waals surface area contributed by atoms with E-state index in [1.54, 1.807) is 11.9 Å². The van der Waals surface area contributed by atoms with Crippen molar-refractivity contribution in [3.8, 4) is 0 Å². The van der Waals surface area contributed by atoms with Gasteiger partial charge in [0, 0.05) is 26.1 Å². The summed E-state index contributed by atoms with van der Waals surface area (Å²) in [6.07, 6.45) is 1.10. The molecule has 0 saturated carbocycles. The van der Waals surface area contributed by atoms with E-state index in [4.69, 9.17) is 15.7 Å². The maximum atomic E-state index is 12.2. The number of hydrogen-bond donors (Lipinski definition) is 2. The molecular formula is C11H21N3O3. The zero-order valence-corrected chi connectivity index (χ0v) is 10.6. The van der Waals surface area contributed by atoms with Crippen molar-refractivity contribution in [3.63, 3.8) is 0 Å². The highest BCUT2D eigenvalue weighted by Crippen LogP contribution is 2.23. The summed E-state index contributed by atoms with van der Waals surface area (Å²) in [5.74, 6) is 0.121. The summed E-state index contributed by atoms with van der Waals surface area (Å²) in [4.78, 5) is 13.8. The van der Waals surface area contributed by atoms with Gasteiger partial charge in [-0.25, -0.2) is 0 Å². The van der Waals surface area contributed by atoms with Gasteiger partial charge in [-0.05, 0) is 20.3 Å². The number of carbonyl (C=O) groups is 1. The number of nitrogens with zero attached hydrogens (tertiary/aromatic N) is 2. The molecule has 0 aromatic carbocycles. The summed E-state index contributed by atoms with van der Waals surface area (Å²) < 4.78 is 5.38. The molecule has 6 nitrogen and oxygen atoms in total. The number of oxime groups is 1. The zero-order valence-electron chi connectivity index (χ0n) is 10.6. The lowest BCUT2D eigenvalue weighted by atomic mass is 10.00. The van der Waals surface area contributed by atoms with E-state index < -0.39 is 0 Å². The third kappa shape index (κ3) is 3.33. The summed E-state index contributed by atoms with van der Waals surface area (Å²) in [6.45, 7) is 4.42. The van der Waals surface area contributed by atoms with Crippen LogP contribution in [0.3, 0.4) is 0 Å². The Morgan fingerprint density at radius 2 is 2.35 bits per heavy atom. The van der Waals surface area contributed by atoms with Crippen molar-refractivity contribution in [1.29, 1.82) is 0 Å². The molecule has 1 aliphatic rings. The Labute approximate surface area is 101 Å². The molecule has 1 rings (SSSR count). The lowest BCUT2D eigenvalue weighted by Crippen LogP contribution is -2.42. The molecule has 1 aliphatic heterocycles. The average molecular weight is 243 g/mol. The minimum Gasteiger partial charge on any atom is -0.409 e. The van der Waals surface area contributed by atoms with E-state index in [9.17, 15) is 4.79 Å². The van der Waals surface area contributed by atoms with Crippen LogP contribution < -0.4 is 5.73 Å². The van der Waals surface area contributed by atoms with Crippen LogP contribution >= 0.6 is 0 Å². The number of hydrogen-bond acceptors (Lipinski definition) is 4. The van der Waals surface area contributed by atoms with E-state index in [0.29, 0.717) is 13.0 Å². The molecule has 0 aliphatic carbocycles. The molecule has 0 radical (unpaired) electrons. The third-order valence-corrected chi connectivity index (χ3v) is 3.34. The maximum absolute atomic E-state index is 12.2. The van der Waals surface area contributed by atoms with Crippen molar-refractivity contribution in [2.45, 2.75) is 38.8 Å². The molecule has 1 saturated heterocycles. The topological polar surface area (TPSA) is 88.2 Å². The van der Waals surface area contributed by atoms with Gasteiger partial charge in [0.2, 0.25) is 5.91 Å². The molecule has 1 amide bonds. The lowest BCUT2D eigenvalue weighted by molar-refractivity contribution is -0.137. The van der Waals surface area contributed by atoms with Gasteiger partial charge in [-0.2, -0.15) is 0 Å². The third-order valence-electron chi connectivity index (χ3n) is 3.34. The molecular weight excluding hydrogens is 222 g/mol. The van der Waals surface area contributed by atoms with Gasteiger partial charge in [-0.15, -0.1) is 0 Å². The first-order valence-corrected chi connectivity index (χ1v) is 5.82. The van der Waals surface area contributed by atoms with Crippen molar-refractivity contribution >= 4 is 11.7 Å². The first kappa shape index (κ1) is 13.8. The Bertz CT molecular complexity index is 306. The standard InChI is InChI=1S/C11H21N3O3/c1-7(6-10(12)13-16)14(3)11(15)9-4-5-17-8(9)2/h7-9,16H,4-6H2,1-3H3,(H2,12,13). The summed E-state index contributed by atoms with van der Waals surface area (Å²) in [5, 5.41) is 11.4. The molecule has 0 spiro atoms. The Morgan fingerprint density at radius 1 is 1.71 bits per heavy atom. The normalized spacial score (nSPS) is 26.9. The predicted molar refractivity (Wildman–Crippen MR) is 63.8 cm³/mol. The highest BCUT2D eigenvalue weighted by molar-refractivity contribution is 5.83. The summed E-state index contributed by atoms with van der Waals surface area (Å²) in [5.41, 5.74) is 5.43. The van der Waals surface area contributed by atoms with Gasteiger partial charge >= 0.3 is 0 Å². The zero-order chi connectivity index (χ0) is 13.0. The van der Waals surface area contributed by atoms with Crippen LogP contribution in [-0.4, -0.2) is 47.7 Å². The van der Waals surface area contributed by atoms with Crippen LogP contribution in [0.15, 0.2) is 5.16 Å². The molecule has 3 unspecified atom stereocenters. The molecule has 17 heavy (non-hydrogen) atoms. The van der Waals surface area contributed by atoms with Crippen molar-refractivity contribution in [2.24, 2.45) is 16.8 Å². The summed E-state index contributed by atoms with van der Waals surface area (Å²) >= 11 is 0. The van der Waals surface area contributed by atoms with Crippen LogP contribution in [0, 0.1) is 5.92 Å². The van der Waals surface area contributed by atoms with Crippen LogP contribution in [0.1, 0.15) is 26.7 Å². The first-order chi connectivity index (χ1) is 7.97. The monoisotopic (exact) mass is 243 g/mol. The predicted octanol–water partition coefficient (Wildman–Crippen LogP) is 0.395. The molecule has 6 heteroatoms. The van der Waals surface area contributed by atoms with Gasteiger partial charge in [0.15, 0.2) is 0 Å². The largest absolute Gasteiger partial charge is 0.409 e. The Morgan fingerprint density at radius 3 is 2.82 bits per heavy atom. The van der Waals surface area contributed by atoms with Gasteiger partial charge in [0.25, 0.3) is 0 Å². The Kier molecular flexibility index (Phi) is 4.74. The maximum Gasteiger partial charge on any atom is 0.228 e. The highest BCUT2D eigenvalue weighted by atomic mass is 16.5. The van der Waals surface area contributed by atoms with Gasteiger partial charge in [0.1, 0.15) is 5.84 Å². The number of carbonyl (C=O) groups excluding carboxylic acids is 1. The summed E-state index contributed by atoms with van der Waals surface area (Å²) in [7, 11) is 1.74. The Hall–Kier alpha value is -1.30. The van der Waals surface area contributed by atoms with E-state index in [-0.39, 0.29) is 29.8 Å². The second-order valence-corrected chi connectivity index (χ2v) is 4.56. The Balaban J connectivity index is 2.56. The smallest absolute Gasteiger partial charge is 0.228 e. The van der Waals surface area contributed by atoms with E-state index >= 15 is 0 Å². The number of nitrogens with two attached hydrogens (primary N) is 1. The second-order valence-electron chi connectivity index (χ2n) is 4.56. The van der Waals surface area contributed by atoms with Crippen molar-refractivity contribution in [1.82, 2.24) is 4.90 Å². The highest BCUT2D eigenvalue weighted by Gasteiger charge is 2.34. The quantitative estimate of drug-likeness (QED) is 0.324. The fourth-order valence-corrected chi connectivity index (χ4v) is 2.02. The lowest BCUT2D eigenvalue weighted by Gasteiger charge is -2.28. The first-order valence-electron chi connectivity index (χ1n) is 5.82. The van der Waals surface area contributed by atoms with Crippen molar-refractivity contribution < 1.29 is 14.7 Å². The SMILES string of the molecule is CC1OCCC1C(=O)N(C)C(C)CC(N)=NO. The molecule has 98 valence electrons. The van der Waals surface area contributed by atoms with Gasteiger partial charge in [0.05, 0.1) is 12.0 Å². The molecule has 1 heterocycles. The van der Waals surface area contributed by atoms with Gasteiger partial charge < -0.3 is 20.6 Å². The van der Waals surface area contributed by atoms with Crippen LogP contribution in [0.25, 0.3) is 0 Å². The second kappa shape index (κ2) is 5.86. The molecule has 0 aromatic heterocycles. The van der Waals surface area contributed by atoms with Gasteiger partial charge in [-0.3, -0.25) is 4.79 Å². The van der Waals surface area contributed by atoms with Crippen LogP contribution in [0.2, 0.25) is 0 Å². The average Bonchev–Trinajstić information content (AvgIpc) is 2.73. The number of amides is 1. The van der Waals surface area contributed by atoms with E-state index in [2.05, 4.69) is 5.16 Å². The number of rotatable bonds is 4. The van der Waals surface area contributed by atoms with Crippen molar-refractivity contribution in [3.05, 3.63) is 0 Å². The van der Waals surface area contributed by atoms with Crippen LogP contribution in [0.5, 0.6) is 0 Å². The number of ether oxygens (including phenoxy) is 1. The van der Waals surface area contributed by atoms with Gasteiger partial charge in [-0.1, -0.05) is 5.16 Å².